The van der Waals surface area contributed by atoms with Crippen LogP contribution >= 0.6 is 23.2 Å². The van der Waals surface area contributed by atoms with E-state index in [0.717, 1.165) is 0 Å². The van der Waals surface area contributed by atoms with Crippen molar-refractivity contribution in [2.24, 2.45) is 11.8 Å². The monoisotopic (exact) mass is 317 g/mol. The molecule has 1 aromatic carbocycles. The molecule has 0 aliphatic rings. The van der Waals surface area contributed by atoms with Crippen LogP contribution in [0.3, 0.4) is 0 Å². The van der Waals surface area contributed by atoms with Crippen LogP contribution in [0.2, 0.25) is 10.0 Å². The SMILES string of the molecule is CC(C)CC(CNC(=O)c1ccc(Cl)cc1Cl)C(=O)O. The Labute approximate surface area is 128 Å². The van der Waals surface area contributed by atoms with Crippen molar-refractivity contribution in [1.29, 1.82) is 0 Å². The largest absolute Gasteiger partial charge is 0.481 e. The van der Waals surface area contributed by atoms with E-state index in [1.165, 1.54) is 12.1 Å². The van der Waals surface area contributed by atoms with Crippen LogP contribution in [0.15, 0.2) is 18.2 Å². The standard InChI is InChI=1S/C14H17Cl2NO3/c1-8(2)5-9(14(19)20)7-17-13(18)11-4-3-10(15)6-12(11)16/h3-4,6,8-9H,5,7H2,1-2H3,(H,17,18)(H,19,20). The van der Waals surface area contributed by atoms with E-state index < -0.39 is 17.8 Å². The number of aliphatic carboxylic acids is 1. The molecule has 1 amide bonds. The van der Waals surface area contributed by atoms with Gasteiger partial charge in [-0.25, -0.2) is 0 Å². The third-order valence-corrected chi connectivity index (χ3v) is 3.34. The number of hydrogen-bond donors (Lipinski definition) is 2. The first-order chi connectivity index (χ1) is 9.31. The summed E-state index contributed by atoms with van der Waals surface area (Å²) < 4.78 is 0. The van der Waals surface area contributed by atoms with Gasteiger partial charge in [-0.05, 0) is 30.5 Å². The fraction of sp³-hybridized carbons (Fsp3) is 0.429. The molecule has 1 rings (SSSR count). The zero-order valence-electron chi connectivity index (χ0n) is 11.3. The molecule has 1 unspecified atom stereocenters. The summed E-state index contributed by atoms with van der Waals surface area (Å²) in [4.78, 5) is 23.1. The number of carbonyl (C=O) groups is 2. The minimum absolute atomic E-state index is 0.0747. The van der Waals surface area contributed by atoms with Crippen LogP contribution in [0.1, 0.15) is 30.6 Å². The normalized spacial score (nSPS) is 12.2. The maximum Gasteiger partial charge on any atom is 0.308 e. The van der Waals surface area contributed by atoms with Crippen molar-refractivity contribution in [3.63, 3.8) is 0 Å². The molecule has 0 heterocycles. The molecule has 2 N–H and O–H groups in total. The highest BCUT2D eigenvalue weighted by molar-refractivity contribution is 6.36. The van der Waals surface area contributed by atoms with Gasteiger partial charge in [0.25, 0.3) is 5.91 Å². The summed E-state index contributed by atoms with van der Waals surface area (Å²) in [6.45, 7) is 3.95. The van der Waals surface area contributed by atoms with Gasteiger partial charge in [0.15, 0.2) is 0 Å². The van der Waals surface area contributed by atoms with E-state index in [-0.39, 0.29) is 23.0 Å². The molecule has 1 atom stereocenters. The Morgan fingerprint density at radius 2 is 1.95 bits per heavy atom. The van der Waals surface area contributed by atoms with E-state index in [2.05, 4.69) is 5.32 Å². The fourth-order valence-corrected chi connectivity index (χ4v) is 2.32. The Bertz CT molecular complexity index is 503. The van der Waals surface area contributed by atoms with E-state index in [1.54, 1.807) is 6.07 Å². The Morgan fingerprint density at radius 3 is 2.45 bits per heavy atom. The first kappa shape index (κ1) is 16.8. The van der Waals surface area contributed by atoms with Crippen LogP contribution in [0.4, 0.5) is 0 Å². The summed E-state index contributed by atoms with van der Waals surface area (Å²) in [5.74, 6) is -1.68. The molecule has 6 heteroatoms. The number of halogens is 2. The van der Waals surface area contributed by atoms with Crippen molar-refractivity contribution in [1.82, 2.24) is 5.32 Å². The van der Waals surface area contributed by atoms with E-state index >= 15 is 0 Å². The summed E-state index contributed by atoms with van der Waals surface area (Å²) >= 11 is 11.7. The highest BCUT2D eigenvalue weighted by atomic mass is 35.5. The molecule has 0 radical (unpaired) electrons. The van der Waals surface area contributed by atoms with Crippen LogP contribution in [0.25, 0.3) is 0 Å². The molecule has 110 valence electrons. The highest BCUT2D eigenvalue weighted by Crippen LogP contribution is 2.21. The summed E-state index contributed by atoms with van der Waals surface area (Å²) in [7, 11) is 0. The molecule has 0 saturated carbocycles. The zero-order valence-corrected chi connectivity index (χ0v) is 12.8. The molecule has 20 heavy (non-hydrogen) atoms. The van der Waals surface area contributed by atoms with Crippen LogP contribution in [0, 0.1) is 11.8 Å². The van der Waals surface area contributed by atoms with Gasteiger partial charge < -0.3 is 10.4 Å². The number of carboxylic acids is 1. The average Bonchev–Trinajstić information content (AvgIpc) is 2.33. The van der Waals surface area contributed by atoms with Crippen molar-refractivity contribution >= 4 is 35.1 Å². The molecule has 0 spiro atoms. The second-order valence-electron chi connectivity index (χ2n) is 5.00. The van der Waals surface area contributed by atoms with Gasteiger partial charge in [0.1, 0.15) is 0 Å². The van der Waals surface area contributed by atoms with Gasteiger partial charge in [0, 0.05) is 11.6 Å². The predicted molar refractivity (Wildman–Crippen MR) is 79.4 cm³/mol. The molecular formula is C14H17Cl2NO3. The molecule has 0 saturated heterocycles. The topological polar surface area (TPSA) is 66.4 Å². The molecule has 1 aromatic rings. The molecule has 0 fully saturated rings. The third kappa shape index (κ3) is 5.02. The van der Waals surface area contributed by atoms with Crippen molar-refractivity contribution in [3.05, 3.63) is 33.8 Å². The Balaban J connectivity index is 2.68. The summed E-state index contributed by atoms with van der Waals surface area (Å²) in [6, 6.07) is 4.55. The Morgan fingerprint density at radius 1 is 1.30 bits per heavy atom. The number of amides is 1. The summed E-state index contributed by atoms with van der Waals surface area (Å²) in [5.41, 5.74) is 0.282. The van der Waals surface area contributed by atoms with Gasteiger partial charge in [0.05, 0.1) is 16.5 Å². The first-order valence-corrected chi connectivity index (χ1v) is 7.03. The zero-order chi connectivity index (χ0) is 15.3. The second kappa shape index (κ2) is 7.50. The summed E-state index contributed by atoms with van der Waals surface area (Å²) in [6.07, 6.45) is 0.504. The second-order valence-corrected chi connectivity index (χ2v) is 5.84. The molecule has 0 bridgehead atoms. The van der Waals surface area contributed by atoms with Crippen LogP contribution in [0.5, 0.6) is 0 Å². The lowest BCUT2D eigenvalue weighted by Gasteiger charge is -2.15. The van der Waals surface area contributed by atoms with Crippen molar-refractivity contribution in [2.75, 3.05) is 6.54 Å². The van der Waals surface area contributed by atoms with Crippen molar-refractivity contribution < 1.29 is 14.7 Å². The lowest BCUT2D eigenvalue weighted by atomic mass is 9.97. The highest BCUT2D eigenvalue weighted by Gasteiger charge is 2.20. The number of nitrogens with one attached hydrogen (secondary N) is 1. The van der Waals surface area contributed by atoms with E-state index in [1.807, 2.05) is 13.8 Å². The minimum Gasteiger partial charge on any atom is -0.481 e. The minimum atomic E-state index is -0.916. The van der Waals surface area contributed by atoms with E-state index in [0.29, 0.717) is 11.4 Å². The third-order valence-electron chi connectivity index (χ3n) is 2.79. The van der Waals surface area contributed by atoms with Crippen LogP contribution in [-0.4, -0.2) is 23.5 Å². The van der Waals surface area contributed by atoms with Gasteiger partial charge in [-0.3, -0.25) is 9.59 Å². The van der Waals surface area contributed by atoms with E-state index in [9.17, 15) is 9.59 Å². The molecule has 4 nitrogen and oxygen atoms in total. The van der Waals surface area contributed by atoms with Crippen LogP contribution < -0.4 is 5.32 Å². The number of hydrogen-bond acceptors (Lipinski definition) is 2. The van der Waals surface area contributed by atoms with Gasteiger partial charge in [0.2, 0.25) is 0 Å². The van der Waals surface area contributed by atoms with Crippen molar-refractivity contribution in [3.8, 4) is 0 Å². The lowest BCUT2D eigenvalue weighted by Crippen LogP contribution is -2.33. The molecular weight excluding hydrogens is 301 g/mol. The Kier molecular flexibility index (Phi) is 6.30. The quantitative estimate of drug-likeness (QED) is 0.844. The lowest BCUT2D eigenvalue weighted by molar-refractivity contribution is -0.142. The van der Waals surface area contributed by atoms with Gasteiger partial charge in [-0.15, -0.1) is 0 Å². The molecule has 0 aromatic heterocycles. The van der Waals surface area contributed by atoms with Crippen LogP contribution in [-0.2, 0) is 4.79 Å². The number of rotatable bonds is 6. The number of carboxylic acid groups (broad SMARTS) is 1. The van der Waals surface area contributed by atoms with Gasteiger partial charge in [-0.1, -0.05) is 37.0 Å². The van der Waals surface area contributed by atoms with E-state index in [4.69, 9.17) is 28.3 Å². The average molecular weight is 318 g/mol. The molecule has 0 aliphatic heterocycles. The summed E-state index contributed by atoms with van der Waals surface area (Å²) in [5, 5.41) is 12.4. The number of carbonyl (C=O) groups excluding carboxylic acids is 1. The molecule has 0 aliphatic carbocycles. The first-order valence-electron chi connectivity index (χ1n) is 6.27. The fourth-order valence-electron chi connectivity index (χ4n) is 1.83. The maximum absolute atomic E-state index is 12.0. The predicted octanol–water partition coefficient (Wildman–Crippen LogP) is 3.47. The van der Waals surface area contributed by atoms with Crippen molar-refractivity contribution in [2.45, 2.75) is 20.3 Å². The Hall–Kier alpha value is -1.26. The smallest absolute Gasteiger partial charge is 0.308 e. The van der Waals surface area contributed by atoms with Gasteiger partial charge in [-0.2, -0.15) is 0 Å². The van der Waals surface area contributed by atoms with Gasteiger partial charge >= 0.3 is 5.97 Å². The number of benzene rings is 1. The maximum atomic E-state index is 12.0.